The number of aryl methyl sites for hydroxylation is 1. The van der Waals surface area contributed by atoms with Crippen LogP contribution in [0, 0.1) is 11.3 Å². The Morgan fingerprint density at radius 1 is 1.17 bits per heavy atom. The molecular formula is C21H18N9O4S+. The van der Waals surface area contributed by atoms with E-state index in [0.29, 0.717) is 51.4 Å². The Morgan fingerprint density at radius 3 is 2.60 bits per heavy atom. The van der Waals surface area contributed by atoms with E-state index in [9.17, 15) is 14.9 Å². The van der Waals surface area contributed by atoms with Crippen molar-refractivity contribution in [1.82, 2.24) is 28.9 Å². The molecule has 0 aliphatic carbocycles. The predicted octanol–water partition coefficient (Wildman–Crippen LogP) is -0.0259. The zero-order chi connectivity index (χ0) is 24.1. The average Bonchev–Trinajstić information content (AvgIpc) is 3.56. The van der Waals surface area contributed by atoms with Crippen molar-refractivity contribution in [3.63, 3.8) is 0 Å². The fourth-order valence-corrected chi connectivity index (χ4v) is 4.93. The summed E-state index contributed by atoms with van der Waals surface area (Å²) >= 11 is 1.25. The molecule has 3 N–H and O–H groups in total. The number of aromatic amines is 1. The molecule has 0 unspecified atom stereocenters. The molecule has 3 aromatic heterocycles. The number of imidazole rings is 1. The van der Waals surface area contributed by atoms with Crippen LogP contribution in [0.1, 0.15) is 5.56 Å². The first kappa shape index (κ1) is 21.1. The SMILES string of the molecule is N#Cc1cc2c(cc1Sc1nc3c([nH]1)c(N)nc[n+]3CCn1c(=O)n3n(c1=O)CC=CC3)OCO2. The van der Waals surface area contributed by atoms with Crippen LogP contribution in [0.25, 0.3) is 11.2 Å². The molecule has 0 radical (unpaired) electrons. The van der Waals surface area contributed by atoms with E-state index in [0.717, 1.165) is 0 Å². The van der Waals surface area contributed by atoms with Gasteiger partial charge >= 0.3 is 11.4 Å². The van der Waals surface area contributed by atoms with Crippen molar-refractivity contribution in [2.45, 2.75) is 36.2 Å². The quantitative estimate of drug-likeness (QED) is 0.288. The summed E-state index contributed by atoms with van der Waals surface area (Å²) in [4.78, 5) is 38.0. The first-order chi connectivity index (χ1) is 17.0. The molecule has 0 saturated carbocycles. The van der Waals surface area contributed by atoms with Crippen molar-refractivity contribution in [3.8, 4) is 17.6 Å². The molecule has 2 aliphatic heterocycles. The number of rotatable bonds is 5. The van der Waals surface area contributed by atoms with E-state index in [1.165, 1.54) is 32.0 Å². The number of nitriles is 1. The Hall–Kier alpha value is -4.51. The van der Waals surface area contributed by atoms with Crippen molar-refractivity contribution < 1.29 is 14.0 Å². The summed E-state index contributed by atoms with van der Waals surface area (Å²) < 4.78 is 16.5. The standard InChI is InChI=1S/C21H17N9O4S/c22-9-12-7-13-14(34-11-33-13)8-15(12)35-19-25-16-17(23)24-10-27(18(16)26-19)5-6-28-20(31)29-3-1-2-4-30(29)21(28)32/h1-2,7-8,10H,3-6,11H2,(H2,23,25,26)/p+1. The molecule has 0 atom stereocenters. The lowest BCUT2D eigenvalue weighted by atomic mass is 10.2. The molecule has 35 heavy (non-hydrogen) atoms. The fraction of sp³-hybridized carbons (Fsp3) is 0.238. The number of hydrogen-bond donors (Lipinski definition) is 2. The van der Waals surface area contributed by atoms with Gasteiger partial charge in [-0.3, -0.25) is 0 Å². The molecule has 5 heterocycles. The largest absolute Gasteiger partial charge is 0.454 e. The number of hydrogen-bond acceptors (Lipinski definition) is 9. The van der Waals surface area contributed by atoms with Crippen molar-refractivity contribution in [3.05, 3.63) is 57.1 Å². The van der Waals surface area contributed by atoms with Crippen molar-refractivity contribution in [1.29, 1.82) is 5.26 Å². The molecule has 4 aromatic rings. The number of benzene rings is 1. The Bertz CT molecular complexity index is 1650. The minimum Gasteiger partial charge on any atom is -0.454 e. The first-order valence-corrected chi connectivity index (χ1v) is 11.5. The second-order valence-corrected chi connectivity index (χ2v) is 8.86. The topological polar surface area (TPSA) is 163 Å². The van der Waals surface area contributed by atoms with Gasteiger partial charge in [0.2, 0.25) is 24.1 Å². The molecule has 0 fully saturated rings. The van der Waals surface area contributed by atoms with E-state index in [1.54, 1.807) is 16.7 Å². The van der Waals surface area contributed by atoms with Gasteiger partial charge in [0.1, 0.15) is 6.07 Å². The summed E-state index contributed by atoms with van der Waals surface area (Å²) in [7, 11) is 0. The fourth-order valence-electron chi connectivity index (χ4n) is 4.06. The number of fused-ring (bicyclic) bond motifs is 3. The van der Waals surface area contributed by atoms with Crippen LogP contribution >= 0.6 is 11.8 Å². The Kier molecular flexibility index (Phi) is 4.85. The Morgan fingerprint density at radius 2 is 1.89 bits per heavy atom. The molecule has 0 amide bonds. The number of ether oxygens (including phenoxy) is 2. The lowest BCUT2D eigenvalue weighted by Gasteiger charge is -2.08. The molecule has 2 aliphatic rings. The molecule has 0 bridgehead atoms. The van der Waals surface area contributed by atoms with Gasteiger partial charge in [0, 0.05) is 11.0 Å². The van der Waals surface area contributed by atoms with Gasteiger partial charge in [-0.05, 0) is 17.8 Å². The van der Waals surface area contributed by atoms with Crippen LogP contribution in [0.15, 0.2) is 50.3 Å². The maximum Gasteiger partial charge on any atom is 0.347 e. The van der Waals surface area contributed by atoms with Crippen molar-refractivity contribution in [2.75, 3.05) is 12.5 Å². The minimum atomic E-state index is -0.357. The maximum absolute atomic E-state index is 12.7. The second-order valence-electron chi connectivity index (χ2n) is 7.83. The molecule has 13 nitrogen and oxygen atoms in total. The van der Waals surface area contributed by atoms with E-state index in [2.05, 4.69) is 21.0 Å². The van der Waals surface area contributed by atoms with Gasteiger partial charge in [0.25, 0.3) is 5.65 Å². The number of H-pyrrole nitrogens is 1. The van der Waals surface area contributed by atoms with Crippen LogP contribution in [0.5, 0.6) is 11.5 Å². The van der Waals surface area contributed by atoms with Gasteiger partial charge < -0.3 is 20.2 Å². The van der Waals surface area contributed by atoms with Crippen LogP contribution in [-0.4, -0.2) is 35.7 Å². The van der Waals surface area contributed by atoms with E-state index in [1.807, 2.05) is 12.2 Å². The van der Waals surface area contributed by atoms with Gasteiger partial charge in [-0.15, -0.1) is 0 Å². The van der Waals surface area contributed by atoms with E-state index in [4.69, 9.17) is 15.2 Å². The lowest BCUT2D eigenvalue weighted by Crippen LogP contribution is -2.41. The van der Waals surface area contributed by atoms with Crippen molar-refractivity contribution >= 4 is 28.7 Å². The van der Waals surface area contributed by atoms with E-state index < -0.39 is 0 Å². The zero-order valence-electron chi connectivity index (χ0n) is 18.2. The third-order valence-electron chi connectivity index (χ3n) is 5.81. The van der Waals surface area contributed by atoms with E-state index >= 15 is 0 Å². The number of anilines is 1. The molecule has 0 saturated heterocycles. The molecule has 0 spiro atoms. The Balaban J connectivity index is 1.32. The zero-order valence-corrected chi connectivity index (χ0v) is 19.0. The highest BCUT2D eigenvalue weighted by atomic mass is 32.2. The van der Waals surface area contributed by atoms with Gasteiger partial charge in [-0.25, -0.2) is 28.1 Å². The average molecular weight is 493 g/mol. The number of nitrogens with zero attached hydrogens (tertiary/aromatic N) is 7. The highest BCUT2D eigenvalue weighted by Crippen LogP contribution is 2.40. The molecule has 1 aromatic carbocycles. The summed E-state index contributed by atoms with van der Waals surface area (Å²) in [6.07, 6.45) is 5.23. The number of allylic oxidation sites excluding steroid dienone is 2. The minimum absolute atomic E-state index is 0.106. The lowest BCUT2D eigenvalue weighted by molar-refractivity contribution is -0.677. The smallest absolute Gasteiger partial charge is 0.347 e. The molecule has 14 heteroatoms. The normalized spacial score (nSPS) is 13.8. The van der Waals surface area contributed by atoms with Crippen LogP contribution < -0.4 is 31.2 Å². The second kappa shape index (κ2) is 8.06. The third-order valence-corrected chi connectivity index (χ3v) is 6.76. The monoisotopic (exact) mass is 492 g/mol. The maximum atomic E-state index is 12.7. The van der Waals surface area contributed by atoms with E-state index in [-0.39, 0.29) is 37.1 Å². The molecule has 176 valence electrons. The highest BCUT2D eigenvalue weighted by molar-refractivity contribution is 7.99. The van der Waals surface area contributed by atoms with Crippen LogP contribution in [-0.2, 0) is 26.2 Å². The number of aromatic nitrogens is 7. The first-order valence-electron chi connectivity index (χ1n) is 10.6. The predicted molar refractivity (Wildman–Crippen MR) is 122 cm³/mol. The molecule has 6 rings (SSSR count). The summed E-state index contributed by atoms with van der Waals surface area (Å²) in [6, 6.07) is 5.53. The van der Waals surface area contributed by atoms with Gasteiger partial charge in [-0.1, -0.05) is 22.1 Å². The van der Waals surface area contributed by atoms with Crippen LogP contribution in [0.3, 0.4) is 0 Å². The third kappa shape index (κ3) is 3.44. The van der Waals surface area contributed by atoms with Crippen LogP contribution in [0.4, 0.5) is 5.82 Å². The number of nitrogen functional groups attached to an aromatic ring is 1. The highest BCUT2D eigenvalue weighted by Gasteiger charge is 2.23. The van der Waals surface area contributed by atoms with Gasteiger partial charge in [0.15, 0.2) is 17.0 Å². The number of nitrogens with two attached hydrogens (primary N) is 1. The number of nitrogens with one attached hydrogen (secondary N) is 1. The Labute approximate surface area is 200 Å². The summed E-state index contributed by atoms with van der Waals surface area (Å²) in [6.45, 7) is 1.26. The summed E-state index contributed by atoms with van der Waals surface area (Å²) in [5.41, 5.74) is 6.80. The van der Waals surface area contributed by atoms with Gasteiger partial charge in [0.05, 0.1) is 31.7 Å². The summed E-state index contributed by atoms with van der Waals surface area (Å²) in [5, 5.41) is 10.0. The van der Waals surface area contributed by atoms with Crippen LogP contribution in [0.2, 0.25) is 0 Å². The van der Waals surface area contributed by atoms with Gasteiger partial charge in [-0.2, -0.15) is 5.26 Å². The molecular weight excluding hydrogens is 474 g/mol. The van der Waals surface area contributed by atoms with Crippen molar-refractivity contribution in [2.24, 2.45) is 0 Å². The summed E-state index contributed by atoms with van der Waals surface area (Å²) in [5.74, 6) is 1.33.